The molecule has 0 amide bonds. The van der Waals surface area contributed by atoms with Crippen molar-refractivity contribution in [2.75, 3.05) is 0 Å². The fourth-order valence-electron chi connectivity index (χ4n) is 1.20. The van der Waals surface area contributed by atoms with Gasteiger partial charge in [-0.15, -0.1) is 0 Å². The zero-order valence-electron chi connectivity index (χ0n) is 7.54. The molecule has 68 valence electrons. The van der Waals surface area contributed by atoms with Crippen LogP contribution in [0.2, 0.25) is 0 Å². The maximum atomic E-state index is 5.43. The molecule has 0 saturated heterocycles. The number of hydrazine groups is 1. The lowest BCUT2D eigenvalue weighted by Gasteiger charge is -2.19. The summed E-state index contributed by atoms with van der Waals surface area (Å²) in [5.74, 6) is 6.83. The SMILES string of the molecule is CCC(C)C(NN)c1ncc[nH]1. The van der Waals surface area contributed by atoms with Gasteiger partial charge in [0, 0.05) is 12.4 Å². The number of hydrogen-bond donors (Lipinski definition) is 3. The first-order valence-electron chi connectivity index (χ1n) is 4.25. The highest BCUT2D eigenvalue weighted by Crippen LogP contribution is 2.19. The lowest BCUT2D eigenvalue weighted by Crippen LogP contribution is -2.33. The monoisotopic (exact) mass is 168 g/mol. The number of aromatic amines is 1. The van der Waals surface area contributed by atoms with E-state index in [0.717, 1.165) is 12.2 Å². The number of aromatic nitrogens is 2. The lowest BCUT2D eigenvalue weighted by atomic mass is 9.99. The Labute approximate surface area is 72.5 Å². The van der Waals surface area contributed by atoms with Gasteiger partial charge in [-0.2, -0.15) is 0 Å². The van der Waals surface area contributed by atoms with E-state index < -0.39 is 0 Å². The van der Waals surface area contributed by atoms with E-state index in [1.54, 1.807) is 6.20 Å². The number of nitrogens with one attached hydrogen (secondary N) is 2. The van der Waals surface area contributed by atoms with E-state index in [4.69, 9.17) is 5.84 Å². The number of rotatable bonds is 4. The Balaban J connectivity index is 2.69. The molecule has 1 aromatic heterocycles. The highest BCUT2D eigenvalue weighted by Gasteiger charge is 2.17. The summed E-state index contributed by atoms with van der Waals surface area (Å²) in [6, 6.07) is 0.130. The van der Waals surface area contributed by atoms with Crippen LogP contribution in [0.4, 0.5) is 0 Å². The molecule has 1 aromatic rings. The van der Waals surface area contributed by atoms with E-state index in [1.165, 1.54) is 0 Å². The van der Waals surface area contributed by atoms with Crippen LogP contribution < -0.4 is 11.3 Å². The lowest BCUT2D eigenvalue weighted by molar-refractivity contribution is 0.369. The first kappa shape index (κ1) is 9.22. The largest absolute Gasteiger partial charge is 0.347 e. The van der Waals surface area contributed by atoms with Gasteiger partial charge in [-0.1, -0.05) is 20.3 Å². The Hall–Kier alpha value is -0.870. The van der Waals surface area contributed by atoms with Gasteiger partial charge in [-0.25, -0.2) is 10.4 Å². The molecule has 4 nitrogen and oxygen atoms in total. The van der Waals surface area contributed by atoms with Crippen molar-refractivity contribution in [1.82, 2.24) is 15.4 Å². The van der Waals surface area contributed by atoms with Crippen molar-refractivity contribution in [1.29, 1.82) is 0 Å². The maximum Gasteiger partial charge on any atom is 0.124 e. The zero-order valence-corrected chi connectivity index (χ0v) is 7.54. The fourth-order valence-corrected chi connectivity index (χ4v) is 1.20. The van der Waals surface area contributed by atoms with E-state index in [1.807, 2.05) is 6.20 Å². The van der Waals surface area contributed by atoms with E-state index in [-0.39, 0.29) is 6.04 Å². The van der Waals surface area contributed by atoms with Gasteiger partial charge in [0.15, 0.2) is 0 Å². The van der Waals surface area contributed by atoms with Crippen LogP contribution in [0.5, 0.6) is 0 Å². The number of H-pyrrole nitrogens is 1. The standard InChI is InChI=1S/C8H16N4/c1-3-6(2)7(12-9)8-10-4-5-11-8/h4-7,12H,3,9H2,1-2H3,(H,10,11). The van der Waals surface area contributed by atoms with Crippen LogP contribution in [0.25, 0.3) is 0 Å². The van der Waals surface area contributed by atoms with Gasteiger partial charge in [-0.3, -0.25) is 5.84 Å². The molecular weight excluding hydrogens is 152 g/mol. The van der Waals surface area contributed by atoms with E-state index >= 15 is 0 Å². The summed E-state index contributed by atoms with van der Waals surface area (Å²) in [5, 5.41) is 0. The van der Waals surface area contributed by atoms with Crippen molar-refractivity contribution in [3.8, 4) is 0 Å². The van der Waals surface area contributed by atoms with Crippen LogP contribution in [0.3, 0.4) is 0 Å². The highest BCUT2D eigenvalue weighted by molar-refractivity contribution is 4.96. The predicted octanol–water partition coefficient (Wildman–Crippen LogP) is 0.960. The summed E-state index contributed by atoms with van der Waals surface area (Å²) in [6.45, 7) is 4.28. The molecule has 0 aliphatic heterocycles. The minimum atomic E-state index is 0.130. The van der Waals surface area contributed by atoms with Crippen LogP contribution in [-0.4, -0.2) is 9.97 Å². The van der Waals surface area contributed by atoms with Crippen LogP contribution in [-0.2, 0) is 0 Å². The zero-order chi connectivity index (χ0) is 8.97. The van der Waals surface area contributed by atoms with Gasteiger partial charge in [-0.05, 0) is 5.92 Å². The van der Waals surface area contributed by atoms with Gasteiger partial charge in [0.05, 0.1) is 6.04 Å². The Morgan fingerprint density at radius 1 is 1.75 bits per heavy atom. The second kappa shape index (κ2) is 4.23. The number of hydrogen-bond acceptors (Lipinski definition) is 3. The summed E-state index contributed by atoms with van der Waals surface area (Å²) in [7, 11) is 0. The molecule has 0 radical (unpaired) electrons. The summed E-state index contributed by atoms with van der Waals surface area (Å²) >= 11 is 0. The molecule has 0 aliphatic rings. The van der Waals surface area contributed by atoms with Gasteiger partial charge in [0.1, 0.15) is 5.82 Å². The first-order valence-corrected chi connectivity index (χ1v) is 4.25. The summed E-state index contributed by atoms with van der Waals surface area (Å²) < 4.78 is 0. The number of nitrogens with two attached hydrogens (primary N) is 1. The van der Waals surface area contributed by atoms with E-state index in [2.05, 4.69) is 29.2 Å². The van der Waals surface area contributed by atoms with Crippen LogP contribution in [0.1, 0.15) is 32.1 Å². The van der Waals surface area contributed by atoms with Crippen molar-refractivity contribution in [3.05, 3.63) is 18.2 Å². The molecule has 0 aromatic carbocycles. The summed E-state index contributed by atoms with van der Waals surface area (Å²) in [4.78, 5) is 7.21. The summed E-state index contributed by atoms with van der Waals surface area (Å²) in [6.07, 6.45) is 4.62. The molecular formula is C8H16N4. The Bertz CT molecular complexity index is 207. The Morgan fingerprint density at radius 2 is 2.50 bits per heavy atom. The van der Waals surface area contributed by atoms with Crippen molar-refractivity contribution < 1.29 is 0 Å². The second-order valence-corrected chi connectivity index (χ2v) is 3.00. The van der Waals surface area contributed by atoms with Crippen molar-refractivity contribution in [2.24, 2.45) is 11.8 Å². The van der Waals surface area contributed by atoms with Gasteiger partial charge < -0.3 is 4.98 Å². The molecule has 2 atom stereocenters. The molecule has 1 rings (SSSR count). The van der Waals surface area contributed by atoms with Crippen LogP contribution >= 0.6 is 0 Å². The van der Waals surface area contributed by atoms with E-state index in [9.17, 15) is 0 Å². The average molecular weight is 168 g/mol. The molecule has 4 heteroatoms. The molecule has 0 aliphatic carbocycles. The predicted molar refractivity (Wildman–Crippen MR) is 48.1 cm³/mol. The average Bonchev–Trinajstić information content (AvgIpc) is 2.58. The smallest absolute Gasteiger partial charge is 0.124 e. The minimum absolute atomic E-state index is 0.130. The second-order valence-electron chi connectivity index (χ2n) is 3.00. The van der Waals surface area contributed by atoms with Gasteiger partial charge in [0.25, 0.3) is 0 Å². The van der Waals surface area contributed by atoms with E-state index in [0.29, 0.717) is 5.92 Å². The topological polar surface area (TPSA) is 66.7 Å². The third kappa shape index (κ3) is 1.84. The van der Waals surface area contributed by atoms with Gasteiger partial charge >= 0.3 is 0 Å². The highest BCUT2D eigenvalue weighted by atomic mass is 15.2. The number of imidazole rings is 1. The van der Waals surface area contributed by atoms with Crippen molar-refractivity contribution in [2.45, 2.75) is 26.3 Å². The Morgan fingerprint density at radius 3 is 2.92 bits per heavy atom. The molecule has 2 unspecified atom stereocenters. The minimum Gasteiger partial charge on any atom is -0.347 e. The van der Waals surface area contributed by atoms with Crippen molar-refractivity contribution in [3.63, 3.8) is 0 Å². The van der Waals surface area contributed by atoms with Crippen molar-refractivity contribution >= 4 is 0 Å². The quantitative estimate of drug-likeness (QED) is 0.463. The molecule has 0 saturated carbocycles. The Kier molecular flexibility index (Phi) is 3.25. The third-order valence-corrected chi connectivity index (χ3v) is 2.21. The molecule has 1 heterocycles. The molecule has 0 fully saturated rings. The van der Waals surface area contributed by atoms with Crippen LogP contribution in [0.15, 0.2) is 12.4 Å². The summed E-state index contributed by atoms with van der Waals surface area (Å²) in [5.41, 5.74) is 2.76. The molecule has 12 heavy (non-hydrogen) atoms. The van der Waals surface area contributed by atoms with Gasteiger partial charge in [0.2, 0.25) is 0 Å². The molecule has 0 bridgehead atoms. The fraction of sp³-hybridized carbons (Fsp3) is 0.625. The maximum absolute atomic E-state index is 5.43. The normalized spacial score (nSPS) is 15.9. The third-order valence-electron chi connectivity index (χ3n) is 2.21. The molecule has 0 spiro atoms. The molecule has 4 N–H and O–H groups in total. The van der Waals surface area contributed by atoms with Crippen LogP contribution in [0, 0.1) is 5.92 Å². The first-order chi connectivity index (χ1) is 5.79. The number of nitrogens with zero attached hydrogens (tertiary/aromatic N) is 1.